The van der Waals surface area contributed by atoms with E-state index in [4.69, 9.17) is 4.74 Å². The summed E-state index contributed by atoms with van der Waals surface area (Å²) in [5.41, 5.74) is 1.86. The van der Waals surface area contributed by atoms with Gasteiger partial charge < -0.3 is 0 Å². The molecule has 0 saturated heterocycles. The van der Waals surface area contributed by atoms with Gasteiger partial charge in [0, 0.05) is 0 Å². The van der Waals surface area contributed by atoms with Gasteiger partial charge in [-0.05, 0) is 0 Å². The summed E-state index contributed by atoms with van der Waals surface area (Å²) in [7, 11) is 0. The van der Waals surface area contributed by atoms with Crippen LogP contribution in [-0.2, 0) is 5.60 Å². The van der Waals surface area contributed by atoms with Crippen LogP contribution >= 0.6 is 11.8 Å². The second-order valence-corrected chi connectivity index (χ2v) is 8.17. The van der Waals surface area contributed by atoms with Crippen molar-refractivity contribution in [2.75, 3.05) is 5.75 Å². The van der Waals surface area contributed by atoms with Gasteiger partial charge in [-0.15, -0.1) is 0 Å². The van der Waals surface area contributed by atoms with Crippen LogP contribution in [0.4, 0.5) is 0 Å². The average molecular weight is 353 g/mol. The minimum absolute atomic E-state index is 0.0884. The predicted octanol–water partition coefficient (Wildman–Crippen LogP) is 3.72. The van der Waals surface area contributed by atoms with E-state index in [1.165, 1.54) is 22.2 Å². The van der Waals surface area contributed by atoms with Gasteiger partial charge in [0.25, 0.3) is 0 Å². The first-order valence-electron chi connectivity index (χ1n) is 6.91. The van der Waals surface area contributed by atoms with Crippen LogP contribution in [0.5, 0.6) is 5.75 Å². The molecule has 1 aliphatic heterocycles. The van der Waals surface area contributed by atoms with Crippen LogP contribution in [0, 0.1) is 0 Å². The SMILES string of the molecule is CCCCSc1ccc2c(c1)OC(C)(C)c1[se]nnc1-2. The Morgan fingerprint density at radius 2 is 2.20 bits per heavy atom. The van der Waals surface area contributed by atoms with Crippen LogP contribution in [0.1, 0.15) is 38.1 Å². The third-order valence-electron chi connectivity index (χ3n) is 3.37. The topological polar surface area (TPSA) is 35.0 Å². The van der Waals surface area contributed by atoms with E-state index in [-0.39, 0.29) is 20.3 Å². The van der Waals surface area contributed by atoms with Crippen LogP contribution in [-0.4, -0.2) is 29.7 Å². The third kappa shape index (κ3) is 2.54. The first-order valence-corrected chi connectivity index (χ1v) is 9.51. The number of unbranched alkanes of at least 4 members (excludes halogenated alkanes) is 1. The molecule has 0 N–H and O–H groups in total. The summed E-state index contributed by atoms with van der Waals surface area (Å²) >= 11 is 1.99. The quantitative estimate of drug-likeness (QED) is 0.477. The van der Waals surface area contributed by atoms with Crippen LogP contribution in [0.2, 0.25) is 0 Å². The molecular weight excluding hydrogens is 335 g/mol. The Bertz CT molecular complexity index is 624. The standard InChI is InChI=1S/C15H18N2OSSe/c1-4-5-8-19-10-6-7-11-12(9-10)18-15(2,3)14-13(11)16-17-20-14/h6-7,9H,4-5,8H2,1-3H3. The maximum absolute atomic E-state index is 6.20. The molecule has 2 heterocycles. The van der Waals surface area contributed by atoms with Crippen LogP contribution in [0.3, 0.4) is 0 Å². The van der Waals surface area contributed by atoms with E-state index in [2.05, 4.69) is 48.2 Å². The summed E-state index contributed by atoms with van der Waals surface area (Å²) in [6, 6.07) is 6.46. The van der Waals surface area contributed by atoms with Crippen molar-refractivity contribution in [1.82, 2.24) is 9.19 Å². The Hall–Kier alpha value is -0.771. The molecule has 3 nitrogen and oxygen atoms in total. The number of benzene rings is 1. The molecule has 3 rings (SSSR count). The normalized spacial score (nSPS) is 15.3. The molecule has 0 saturated carbocycles. The molecule has 20 heavy (non-hydrogen) atoms. The van der Waals surface area contributed by atoms with Crippen LogP contribution in [0.15, 0.2) is 23.1 Å². The summed E-state index contributed by atoms with van der Waals surface area (Å²) in [5.74, 6) is 2.11. The van der Waals surface area contributed by atoms with Gasteiger partial charge in [-0.3, -0.25) is 0 Å². The molecule has 106 valence electrons. The summed E-state index contributed by atoms with van der Waals surface area (Å²) in [4.78, 5) is 1.28. The number of fused-ring (bicyclic) bond motifs is 3. The zero-order chi connectivity index (χ0) is 14.2. The van der Waals surface area contributed by atoms with Gasteiger partial charge in [0.15, 0.2) is 0 Å². The number of hydrogen-bond acceptors (Lipinski definition) is 4. The van der Waals surface area contributed by atoms with Crippen molar-refractivity contribution < 1.29 is 4.74 Å². The fourth-order valence-corrected chi connectivity index (χ4v) is 4.79. The van der Waals surface area contributed by atoms with Crippen molar-refractivity contribution in [2.45, 2.75) is 44.1 Å². The number of rotatable bonds is 4. The molecule has 0 radical (unpaired) electrons. The molecule has 0 atom stereocenters. The molecule has 0 unspecified atom stereocenters. The number of aromatic nitrogens is 2. The van der Waals surface area contributed by atoms with Gasteiger partial charge in [-0.25, -0.2) is 0 Å². The van der Waals surface area contributed by atoms with E-state index in [0.29, 0.717) is 0 Å². The molecular formula is C15H18N2OSSe. The van der Waals surface area contributed by atoms with Crippen LogP contribution < -0.4 is 4.74 Å². The summed E-state index contributed by atoms with van der Waals surface area (Å²) in [5, 5.41) is 4.35. The molecule has 0 aliphatic carbocycles. The van der Waals surface area contributed by atoms with E-state index < -0.39 is 0 Å². The Morgan fingerprint density at radius 3 is 3.00 bits per heavy atom. The molecule has 0 spiro atoms. The average Bonchev–Trinajstić information content (AvgIpc) is 2.89. The Labute approximate surface area is 130 Å². The predicted molar refractivity (Wildman–Crippen MR) is 83.7 cm³/mol. The fraction of sp³-hybridized carbons (Fsp3) is 0.467. The van der Waals surface area contributed by atoms with E-state index in [1.54, 1.807) is 0 Å². The van der Waals surface area contributed by atoms with Crippen molar-refractivity contribution in [3.8, 4) is 17.0 Å². The van der Waals surface area contributed by atoms with Gasteiger partial charge >= 0.3 is 130 Å². The van der Waals surface area contributed by atoms with Gasteiger partial charge in [0.05, 0.1) is 0 Å². The van der Waals surface area contributed by atoms with Crippen molar-refractivity contribution in [3.05, 3.63) is 22.6 Å². The van der Waals surface area contributed by atoms with Crippen molar-refractivity contribution in [3.63, 3.8) is 0 Å². The second kappa shape index (κ2) is 5.55. The first-order chi connectivity index (χ1) is 9.62. The summed E-state index contributed by atoms with van der Waals surface area (Å²) < 4.78 is 11.7. The van der Waals surface area contributed by atoms with Gasteiger partial charge in [-0.2, -0.15) is 0 Å². The fourth-order valence-electron chi connectivity index (χ4n) is 2.29. The first kappa shape index (κ1) is 14.2. The van der Waals surface area contributed by atoms with E-state index in [0.717, 1.165) is 22.8 Å². The van der Waals surface area contributed by atoms with Crippen molar-refractivity contribution in [1.29, 1.82) is 0 Å². The number of thioether (sulfide) groups is 1. The van der Waals surface area contributed by atoms with Crippen molar-refractivity contribution >= 4 is 26.5 Å². The molecule has 1 aliphatic rings. The molecule has 0 amide bonds. The number of nitrogens with zero attached hydrogens (tertiary/aromatic N) is 2. The molecule has 1 aromatic carbocycles. The van der Waals surface area contributed by atoms with Gasteiger partial charge in [0.2, 0.25) is 0 Å². The molecule has 2 aromatic rings. The van der Waals surface area contributed by atoms with Crippen LogP contribution in [0.25, 0.3) is 11.3 Å². The zero-order valence-electron chi connectivity index (χ0n) is 12.0. The van der Waals surface area contributed by atoms with Crippen molar-refractivity contribution in [2.24, 2.45) is 0 Å². The number of ether oxygens (including phenoxy) is 1. The van der Waals surface area contributed by atoms with E-state index in [1.807, 2.05) is 11.8 Å². The van der Waals surface area contributed by atoms with Gasteiger partial charge in [0.1, 0.15) is 0 Å². The minimum atomic E-state index is -0.279. The monoisotopic (exact) mass is 354 g/mol. The summed E-state index contributed by atoms with van der Waals surface area (Å²) in [6.07, 6.45) is 2.49. The van der Waals surface area contributed by atoms with E-state index in [9.17, 15) is 0 Å². The third-order valence-corrected chi connectivity index (χ3v) is 6.62. The molecule has 0 fully saturated rings. The summed E-state index contributed by atoms with van der Waals surface area (Å²) in [6.45, 7) is 6.44. The maximum atomic E-state index is 6.20. The molecule has 5 heteroatoms. The number of hydrogen-bond donors (Lipinski definition) is 0. The molecule has 0 bridgehead atoms. The Kier molecular flexibility index (Phi) is 3.93. The Morgan fingerprint density at radius 1 is 1.35 bits per heavy atom. The second-order valence-electron chi connectivity index (χ2n) is 5.42. The zero-order valence-corrected chi connectivity index (χ0v) is 14.5. The molecule has 1 aromatic heterocycles. The Balaban J connectivity index is 1.94. The van der Waals surface area contributed by atoms with Gasteiger partial charge in [-0.1, -0.05) is 0 Å². The van der Waals surface area contributed by atoms with E-state index >= 15 is 0 Å².